The molecule has 1 rings (SSSR count). The van der Waals surface area contributed by atoms with Crippen molar-refractivity contribution in [2.75, 3.05) is 0 Å². The first kappa shape index (κ1) is 9.85. The van der Waals surface area contributed by atoms with Crippen molar-refractivity contribution >= 4 is 16.8 Å². The molecule has 0 radical (unpaired) electrons. The van der Waals surface area contributed by atoms with Crippen LogP contribution in [0.5, 0.6) is 0 Å². The zero-order valence-corrected chi connectivity index (χ0v) is 8.90. The lowest BCUT2D eigenvalue weighted by Gasteiger charge is -2.03. The van der Waals surface area contributed by atoms with Gasteiger partial charge in [0.05, 0.1) is 5.04 Å². The number of rotatable bonds is 2. The fraction of sp³-hybridized carbons (Fsp3) is 0.700. The third kappa shape index (κ3) is 2.37. The number of hydrogen-bond acceptors (Lipinski definition) is 2. The Hall–Kier alpha value is -0.240. The third-order valence-electron chi connectivity index (χ3n) is 2.13. The summed E-state index contributed by atoms with van der Waals surface area (Å²) in [7, 11) is 0. The molecule has 2 heteroatoms. The topological polar surface area (TPSA) is 12.4 Å². The molecule has 1 nitrogen and oxygen atoms in total. The van der Waals surface area contributed by atoms with Gasteiger partial charge in [-0.05, 0) is 19.8 Å². The summed E-state index contributed by atoms with van der Waals surface area (Å²) < 4.78 is 0. The van der Waals surface area contributed by atoms with E-state index in [0.717, 1.165) is 11.2 Å². The minimum absolute atomic E-state index is 0.723. The molecule has 0 aromatic rings. The summed E-state index contributed by atoms with van der Waals surface area (Å²) in [5.74, 6) is 0.723. The highest BCUT2D eigenvalue weighted by Gasteiger charge is 2.26. The van der Waals surface area contributed by atoms with Gasteiger partial charge in [0.15, 0.2) is 0 Å². The maximum atomic E-state index is 4.44. The maximum Gasteiger partial charge on any atom is 0.0765 e. The SMILES string of the molecule is C/C=C\N=C1SC(C)CC1CC. The second-order valence-electron chi connectivity index (χ2n) is 3.22. The Morgan fingerprint density at radius 2 is 2.42 bits per heavy atom. The van der Waals surface area contributed by atoms with Gasteiger partial charge in [0, 0.05) is 17.4 Å². The molecule has 0 saturated carbocycles. The van der Waals surface area contributed by atoms with Gasteiger partial charge in [0.25, 0.3) is 0 Å². The molecule has 0 aromatic carbocycles. The van der Waals surface area contributed by atoms with Crippen LogP contribution in [0.1, 0.15) is 33.6 Å². The zero-order valence-electron chi connectivity index (χ0n) is 8.08. The Morgan fingerprint density at radius 1 is 1.67 bits per heavy atom. The summed E-state index contributed by atoms with van der Waals surface area (Å²) in [4.78, 5) is 4.44. The fourth-order valence-electron chi connectivity index (χ4n) is 1.48. The molecule has 0 N–H and O–H groups in total. The lowest BCUT2D eigenvalue weighted by atomic mass is 10.0. The van der Waals surface area contributed by atoms with Crippen molar-refractivity contribution in [2.24, 2.45) is 10.9 Å². The van der Waals surface area contributed by atoms with E-state index in [1.807, 2.05) is 31.0 Å². The van der Waals surface area contributed by atoms with Gasteiger partial charge in [-0.3, -0.25) is 4.99 Å². The van der Waals surface area contributed by atoms with Crippen LogP contribution in [0.3, 0.4) is 0 Å². The Balaban J connectivity index is 2.63. The lowest BCUT2D eigenvalue weighted by molar-refractivity contribution is 0.626. The van der Waals surface area contributed by atoms with Crippen molar-refractivity contribution < 1.29 is 0 Å². The summed E-state index contributed by atoms with van der Waals surface area (Å²) >= 11 is 1.94. The molecule has 1 fully saturated rings. The van der Waals surface area contributed by atoms with Crippen molar-refractivity contribution in [1.29, 1.82) is 0 Å². The van der Waals surface area contributed by atoms with Crippen molar-refractivity contribution in [3.05, 3.63) is 12.3 Å². The molecule has 0 bridgehead atoms. The molecule has 1 aliphatic heterocycles. The predicted octanol–water partition coefficient (Wildman–Crippen LogP) is 3.47. The van der Waals surface area contributed by atoms with Gasteiger partial charge in [-0.1, -0.05) is 19.9 Å². The van der Waals surface area contributed by atoms with Crippen LogP contribution < -0.4 is 0 Å². The van der Waals surface area contributed by atoms with Gasteiger partial charge in [-0.15, -0.1) is 11.8 Å². The number of allylic oxidation sites excluding steroid dienone is 1. The molecule has 0 aliphatic carbocycles. The molecular weight excluding hydrogens is 166 g/mol. The van der Waals surface area contributed by atoms with Gasteiger partial charge >= 0.3 is 0 Å². The van der Waals surface area contributed by atoms with Gasteiger partial charge in [0.2, 0.25) is 0 Å². The number of thioether (sulfide) groups is 1. The van der Waals surface area contributed by atoms with E-state index < -0.39 is 0 Å². The Morgan fingerprint density at radius 3 is 3.00 bits per heavy atom. The van der Waals surface area contributed by atoms with Crippen LogP contribution in [0.4, 0.5) is 0 Å². The van der Waals surface area contributed by atoms with E-state index in [2.05, 4.69) is 18.8 Å². The maximum absolute atomic E-state index is 4.44. The minimum atomic E-state index is 0.723. The van der Waals surface area contributed by atoms with Gasteiger partial charge in [-0.2, -0.15) is 0 Å². The van der Waals surface area contributed by atoms with Gasteiger partial charge < -0.3 is 0 Å². The molecule has 1 aliphatic rings. The van der Waals surface area contributed by atoms with E-state index in [1.54, 1.807) is 0 Å². The van der Waals surface area contributed by atoms with E-state index in [-0.39, 0.29) is 0 Å². The van der Waals surface area contributed by atoms with Crippen LogP contribution in [-0.2, 0) is 0 Å². The van der Waals surface area contributed by atoms with E-state index in [1.165, 1.54) is 17.9 Å². The zero-order chi connectivity index (χ0) is 8.97. The van der Waals surface area contributed by atoms with Crippen LogP contribution in [0.2, 0.25) is 0 Å². The molecule has 2 unspecified atom stereocenters. The average Bonchev–Trinajstić information content (AvgIpc) is 2.42. The first-order valence-electron chi connectivity index (χ1n) is 4.63. The molecule has 0 spiro atoms. The minimum Gasteiger partial charge on any atom is -0.254 e. The van der Waals surface area contributed by atoms with Crippen LogP contribution in [0.25, 0.3) is 0 Å². The number of aliphatic imine (C=N–C) groups is 1. The van der Waals surface area contributed by atoms with Crippen LogP contribution >= 0.6 is 11.8 Å². The largest absolute Gasteiger partial charge is 0.254 e. The molecule has 68 valence electrons. The summed E-state index contributed by atoms with van der Waals surface area (Å²) in [6.07, 6.45) is 6.43. The van der Waals surface area contributed by atoms with E-state index in [4.69, 9.17) is 0 Å². The van der Waals surface area contributed by atoms with Crippen molar-refractivity contribution in [1.82, 2.24) is 0 Å². The van der Waals surface area contributed by atoms with E-state index in [0.29, 0.717) is 0 Å². The summed E-state index contributed by atoms with van der Waals surface area (Å²) in [5, 5.41) is 2.10. The quantitative estimate of drug-likeness (QED) is 0.638. The summed E-state index contributed by atoms with van der Waals surface area (Å²) in [5.41, 5.74) is 0. The fourth-order valence-corrected chi connectivity index (χ4v) is 2.79. The Kier molecular flexibility index (Phi) is 3.86. The van der Waals surface area contributed by atoms with E-state index >= 15 is 0 Å². The highest BCUT2D eigenvalue weighted by Crippen LogP contribution is 2.35. The van der Waals surface area contributed by atoms with E-state index in [9.17, 15) is 0 Å². The van der Waals surface area contributed by atoms with Gasteiger partial charge in [0.1, 0.15) is 0 Å². The molecular formula is C10H17NS. The monoisotopic (exact) mass is 183 g/mol. The standard InChI is InChI=1S/C10H17NS/c1-4-6-11-10-9(5-2)7-8(3)12-10/h4,6,8-9H,5,7H2,1-3H3/b6-4-,11-10?. The van der Waals surface area contributed by atoms with Crippen molar-refractivity contribution in [2.45, 2.75) is 38.9 Å². The Labute approximate surface area is 79.3 Å². The second-order valence-corrected chi connectivity index (χ2v) is 4.68. The van der Waals surface area contributed by atoms with Crippen LogP contribution in [0.15, 0.2) is 17.3 Å². The smallest absolute Gasteiger partial charge is 0.0765 e. The van der Waals surface area contributed by atoms with Crippen LogP contribution in [0, 0.1) is 5.92 Å². The number of nitrogens with zero attached hydrogens (tertiary/aromatic N) is 1. The molecule has 12 heavy (non-hydrogen) atoms. The normalized spacial score (nSPS) is 33.8. The Bertz CT molecular complexity index is 196. The molecule has 1 heterocycles. The van der Waals surface area contributed by atoms with Crippen molar-refractivity contribution in [3.8, 4) is 0 Å². The summed E-state index contributed by atoms with van der Waals surface area (Å²) in [6.45, 7) is 6.54. The van der Waals surface area contributed by atoms with Crippen molar-refractivity contribution in [3.63, 3.8) is 0 Å². The molecule has 2 atom stereocenters. The average molecular weight is 183 g/mol. The summed E-state index contributed by atoms with van der Waals surface area (Å²) in [6, 6.07) is 0. The van der Waals surface area contributed by atoms with Crippen LogP contribution in [-0.4, -0.2) is 10.3 Å². The molecule has 1 saturated heterocycles. The third-order valence-corrected chi connectivity index (χ3v) is 3.41. The van der Waals surface area contributed by atoms with Gasteiger partial charge in [-0.25, -0.2) is 0 Å². The molecule has 0 amide bonds. The first-order chi connectivity index (χ1) is 5.77. The lowest BCUT2D eigenvalue weighted by Crippen LogP contribution is -2.02. The predicted molar refractivity (Wildman–Crippen MR) is 57.7 cm³/mol. The highest BCUT2D eigenvalue weighted by atomic mass is 32.2. The molecule has 0 aromatic heterocycles. The second kappa shape index (κ2) is 4.70. The number of hydrogen-bond donors (Lipinski definition) is 0. The first-order valence-corrected chi connectivity index (χ1v) is 5.51. The highest BCUT2D eigenvalue weighted by molar-refractivity contribution is 8.14.